The zero-order chi connectivity index (χ0) is 30.1. The maximum atomic E-state index is 3.88. The van der Waals surface area contributed by atoms with Crippen LogP contribution in [0.5, 0.6) is 0 Å². The summed E-state index contributed by atoms with van der Waals surface area (Å²) in [5.74, 6) is 0.511. The van der Waals surface area contributed by atoms with Crippen LogP contribution in [0.3, 0.4) is 0 Å². The second-order valence-corrected chi connectivity index (χ2v) is 12.9. The lowest BCUT2D eigenvalue weighted by Crippen LogP contribution is -2.69. The fraction of sp³-hybridized carbons (Fsp3) is 0.143. The molecule has 0 N–H and O–H groups in total. The predicted octanol–water partition coefficient (Wildman–Crippen LogP) is 8.67. The summed E-state index contributed by atoms with van der Waals surface area (Å²) in [6.07, 6.45) is 7.62. The highest BCUT2D eigenvalue weighted by Crippen LogP contribution is 2.63. The zero-order valence-electron chi connectivity index (χ0n) is 25.5. The number of rotatable bonds is 4. The van der Waals surface area contributed by atoms with E-state index in [1.165, 1.54) is 44.8 Å². The number of nitrogens with zero attached hydrogens (tertiary/aromatic N) is 3. The van der Waals surface area contributed by atoms with Crippen molar-refractivity contribution in [3.8, 4) is 33.6 Å². The van der Waals surface area contributed by atoms with Crippen LogP contribution in [0.1, 0.15) is 35.1 Å². The van der Waals surface area contributed by atoms with Gasteiger partial charge in [-0.3, -0.25) is 0 Å². The molecule has 2 aromatic heterocycles. The molecule has 1 fully saturated rings. The minimum Gasteiger partial charge on any atom is -0.345 e. The van der Waals surface area contributed by atoms with E-state index in [0.29, 0.717) is 12.0 Å². The van der Waals surface area contributed by atoms with Crippen LogP contribution in [0, 0.1) is 0 Å². The van der Waals surface area contributed by atoms with Crippen molar-refractivity contribution in [2.75, 3.05) is 11.9 Å². The van der Waals surface area contributed by atoms with E-state index in [1.54, 1.807) is 0 Å². The minimum atomic E-state index is 0.0273. The lowest BCUT2D eigenvalue weighted by atomic mass is 9.50. The van der Waals surface area contributed by atoms with Crippen molar-refractivity contribution in [2.45, 2.75) is 30.3 Å². The van der Waals surface area contributed by atoms with E-state index in [0.717, 1.165) is 29.9 Å². The van der Waals surface area contributed by atoms with Gasteiger partial charge >= 0.3 is 0 Å². The van der Waals surface area contributed by atoms with Gasteiger partial charge in [0.1, 0.15) is 5.41 Å². The summed E-state index contributed by atoms with van der Waals surface area (Å²) < 4.78 is 5.09. The summed E-state index contributed by atoms with van der Waals surface area (Å²) >= 11 is 0. The molecule has 3 heteroatoms. The van der Waals surface area contributed by atoms with Crippen LogP contribution < -0.4 is 14.0 Å². The van der Waals surface area contributed by atoms with Crippen molar-refractivity contribution in [3.05, 3.63) is 163 Å². The van der Waals surface area contributed by atoms with Crippen molar-refractivity contribution < 1.29 is 9.13 Å². The van der Waals surface area contributed by atoms with E-state index in [2.05, 4.69) is 167 Å². The fourth-order valence-corrected chi connectivity index (χ4v) is 8.48. The number of hydrogen-bond donors (Lipinski definition) is 0. The number of fused-ring (bicyclic) bond motifs is 11. The Bertz CT molecular complexity index is 2110. The van der Waals surface area contributed by atoms with E-state index < -0.39 is 0 Å². The molecular formula is C42H35N3+2. The third-order valence-electron chi connectivity index (χ3n) is 10.7. The Morgan fingerprint density at radius 1 is 0.711 bits per heavy atom. The smallest absolute Gasteiger partial charge is 0.213 e. The molecule has 216 valence electrons. The molecule has 0 radical (unpaired) electrons. The highest BCUT2D eigenvalue weighted by atomic mass is 15.1. The van der Waals surface area contributed by atoms with Crippen LogP contribution in [0.25, 0.3) is 39.7 Å². The Balaban J connectivity index is 1.12. The van der Waals surface area contributed by atoms with Crippen LogP contribution >= 0.6 is 0 Å². The Morgan fingerprint density at radius 3 is 2.20 bits per heavy atom. The van der Waals surface area contributed by atoms with Gasteiger partial charge in [-0.05, 0) is 82.8 Å². The standard InChI is InChI=1S/C42H35N3/c1-3-29-14-19-32(20-15-29)43(2)33-21-16-30(17-22-33)31-18-23-38-36(26-31)39-12-6-8-24-44(39)28-42(38)27-37-34-10-4-5-11-35(34)40-13-7-9-25-45(40)41(37)42/h3-26,37,41H,1,27-28H2,2H3/q+2. The summed E-state index contributed by atoms with van der Waals surface area (Å²) in [6, 6.07) is 47.5. The first-order chi connectivity index (χ1) is 22.1. The van der Waals surface area contributed by atoms with E-state index >= 15 is 0 Å². The van der Waals surface area contributed by atoms with Crippen molar-refractivity contribution in [2.24, 2.45) is 0 Å². The third kappa shape index (κ3) is 3.83. The van der Waals surface area contributed by atoms with E-state index in [-0.39, 0.29) is 5.41 Å². The molecule has 3 aliphatic rings. The highest BCUT2D eigenvalue weighted by molar-refractivity contribution is 5.77. The van der Waals surface area contributed by atoms with Crippen molar-refractivity contribution in [3.63, 3.8) is 0 Å². The molecule has 0 bridgehead atoms. The molecule has 4 heterocycles. The highest BCUT2D eigenvalue weighted by Gasteiger charge is 2.67. The van der Waals surface area contributed by atoms with E-state index in [9.17, 15) is 0 Å². The van der Waals surface area contributed by atoms with Crippen molar-refractivity contribution >= 4 is 17.5 Å². The van der Waals surface area contributed by atoms with Crippen LogP contribution in [-0.2, 0) is 12.0 Å². The first-order valence-corrected chi connectivity index (χ1v) is 15.9. The monoisotopic (exact) mass is 581 g/mol. The number of pyridine rings is 2. The normalized spacial score (nSPS) is 20.1. The van der Waals surface area contributed by atoms with Gasteiger partial charge in [-0.25, -0.2) is 0 Å². The molecule has 45 heavy (non-hydrogen) atoms. The van der Waals surface area contributed by atoms with Gasteiger partial charge in [-0.2, -0.15) is 9.13 Å². The molecule has 2 aliphatic heterocycles. The summed E-state index contributed by atoms with van der Waals surface area (Å²) in [7, 11) is 2.12. The van der Waals surface area contributed by atoms with E-state index in [4.69, 9.17) is 0 Å². The Hall–Kier alpha value is -5.28. The summed E-state index contributed by atoms with van der Waals surface area (Å²) in [4.78, 5) is 2.23. The maximum Gasteiger partial charge on any atom is 0.213 e. The molecule has 0 saturated heterocycles. The van der Waals surface area contributed by atoms with Crippen LogP contribution in [0.2, 0.25) is 0 Å². The lowest BCUT2D eigenvalue weighted by molar-refractivity contribution is -0.768. The van der Waals surface area contributed by atoms with Gasteiger partial charge in [0.15, 0.2) is 25.0 Å². The maximum absolute atomic E-state index is 3.88. The molecule has 4 aromatic carbocycles. The third-order valence-corrected chi connectivity index (χ3v) is 10.7. The lowest BCUT2D eigenvalue weighted by Gasteiger charge is -2.53. The van der Waals surface area contributed by atoms with Crippen LogP contribution in [-0.4, -0.2) is 7.05 Å². The first kappa shape index (κ1) is 26.2. The van der Waals surface area contributed by atoms with Gasteiger partial charge in [0.2, 0.25) is 11.4 Å². The number of benzene rings is 4. The van der Waals surface area contributed by atoms with Gasteiger partial charge in [0, 0.05) is 54.2 Å². The summed E-state index contributed by atoms with van der Waals surface area (Å²) in [6.45, 7) is 4.87. The SMILES string of the molecule is C=Cc1ccc(N(C)c2ccc(-c3ccc4c(c3)-c3cccc[n+]3CC43CC4c5ccccc5-c5cccc[n+]5C43)cc2)cc1. The minimum absolute atomic E-state index is 0.0273. The van der Waals surface area contributed by atoms with Gasteiger partial charge in [-0.1, -0.05) is 67.3 Å². The molecule has 3 atom stereocenters. The number of aromatic nitrogens is 2. The summed E-state index contributed by atoms with van der Waals surface area (Å²) in [5, 5.41) is 0. The molecule has 3 nitrogen and oxygen atoms in total. The molecule has 3 unspecified atom stereocenters. The average molecular weight is 582 g/mol. The Morgan fingerprint density at radius 2 is 1.40 bits per heavy atom. The molecule has 6 aromatic rings. The molecule has 9 rings (SSSR count). The topological polar surface area (TPSA) is 11.0 Å². The second kappa shape index (κ2) is 9.87. The fourth-order valence-electron chi connectivity index (χ4n) is 8.48. The quantitative estimate of drug-likeness (QED) is 0.190. The second-order valence-electron chi connectivity index (χ2n) is 12.9. The Kier molecular flexibility index (Phi) is 5.73. The molecule has 1 spiro atoms. The van der Waals surface area contributed by atoms with Crippen molar-refractivity contribution in [1.29, 1.82) is 0 Å². The van der Waals surface area contributed by atoms with E-state index in [1.807, 2.05) is 6.08 Å². The first-order valence-electron chi connectivity index (χ1n) is 15.9. The van der Waals surface area contributed by atoms with Gasteiger partial charge in [0.05, 0.1) is 5.56 Å². The molecule has 0 amide bonds. The van der Waals surface area contributed by atoms with Crippen LogP contribution in [0.4, 0.5) is 11.4 Å². The average Bonchev–Trinajstić information content (AvgIpc) is 3.10. The van der Waals surface area contributed by atoms with Crippen LogP contribution in [0.15, 0.2) is 146 Å². The number of hydrogen-bond acceptors (Lipinski definition) is 1. The largest absolute Gasteiger partial charge is 0.345 e. The number of anilines is 2. The van der Waals surface area contributed by atoms with Crippen molar-refractivity contribution in [1.82, 2.24) is 0 Å². The van der Waals surface area contributed by atoms with Gasteiger partial charge in [0.25, 0.3) is 0 Å². The van der Waals surface area contributed by atoms with Gasteiger partial charge in [-0.15, -0.1) is 0 Å². The summed E-state index contributed by atoms with van der Waals surface area (Å²) in [5.41, 5.74) is 14.3. The molecular weight excluding hydrogens is 546 g/mol. The Labute approximate surface area is 265 Å². The zero-order valence-corrected chi connectivity index (χ0v) is 25.5. The molecule has 1 aliphatic carbocycles. The van der Waals surface area contributed by atoms with Gasteiger partial charge < -0.3 is 4.90 Å². The molecule has 1 saturated carbocycles. The predicted molar refractivity (Wildman–Crippen MR) is 182 cm³/mol.